The van der Waals surface area contributed by atoms with E-state index in [9.17, 15) is 43.9 Å². The monoisotopic (exact) mass is 296 g/mol. The minimum atomic E-state index is -6.80. The number of rotatable bonds is 5. The highest BCUT2D eigenvalue weighted by atomic mass is 19.4. The van der Waals surface area contributed by atoms with Crippen LogP contribution in [-0.4, -0.2) is 24.5 Å². The van der Waals surface area contributed by atoms with Crippen molar-refractivity contribution >= 4 is 0 Å². The molecule has 2 nitrogen and oxygen atoms in total. The molecule has 0 atom stereocenters. The van der Waals surface area contributed by atoms with Crippen LogP contribution in [0.15, 0.2) is 12.6 Å². The van der Waals surface area contributed by atoms with E-state index in [1.165, 1.54) is 0 Å². The summed E-state index contributed by atoms with van der Waals surface area (Å²) in [5, 5.41) is 0. The first-order chi connectivity index (χ1) is 7.62. The highest BCUT2D eigenvalue weighted by molar-refractivity contribution is 4.88. The summed E-state index contributed by atoms with van der Waals surface area (Å²) in [6.07, 6.45) is -19.3. The van der Waals surface area contributed by atoms with Crippen molar-refractivity contribution in [2.45, 2.75) is 24.5 Å². The highest BCUT2D eigenvalue weighted by Gasteiger charge is 2.78. The number of hydrogen-bond donors (Lipinski definition) is 0. The summed E-state index contributed by atoms with van der Waals surface area (Å²) < 4.78 is 124. The van der Waals surface area contributed by atoms with Crippen LogP contribution in [-0.2, 0) is 9.47 Å². The van der Waals surface area contributed by atoms with E-state index in [4.69, 9.17) is 0 Å². The molecular weight excluding hydrogens is 294 g/mol. The van der Waals surface area contributed by atoms with Gasteiger partial charge in [-0.15, -0.1) is 13.2 Å². The van der Waals surface area contributed by atoms with Crippen molar-refractivity contribution in [3.63, 3.8) is 0 Å². The summed E-state index contributed by atoms with van der Waals surface area (Å²) in [4.78, 5) is 0. The molecule has 0 fully saturated rings. The first kappa shape index (κ1) is 16.8. The van der Waals surface area contributed by atoms with Crippen molar-refractivity contribution in [1.82, 2.24) is 0 Å². The van der Waals surface area contributed by atoms with Crippen LogP contribution in [0.1, 0.15) is 0 Å². The van der Waals surface area contributed by atoms with E-state index in [0.717, 1.165) is 0 Å². The molecule has 0 N–H and O–H groups in total. The Hall–Kier alpha value is -1.20. The maximum absolute atomic E-state index is 12.4. The minimum Gasteiger partial charge on any atom is -0.402 e. The quantitative estimate of drug-likeness (QED) is 0.567. The number of ether oxygens (including phenoxy) is 2. The topological polar surface area (TPSA) is 18.5 Å². The van der Waals surface area contributed by atoms with Crippen molar-refractivity contribution < 1.29 is 53.4 Å². The molecule has 0 saturated heterocycles. The van der Waals surface area contributed by atoms with Crippen LogP contribution in [0.2, 0.25) is 0 Å². The molecule has 0 aromatic carbocycles. The van der Waals surface area contributed by atoms with Crippen LogP contribution in [0.4, 0.5) is 43.9 Å². The molecule has 108 valence electrons. The minimum absolute atomic E-state index is 1.56. The van der Waals surface area contributed by atoms with Crippen molar-refractivity contribution in [2.24, 2.45) is 0 Å². The summed E-state index contributed by atoms with van der Waals surface area (Å²) in [6, 6.07) is -2.61. The van der Waals surface area contributed by atoms with E-state index >= 15 is 0 Å². The zero-order chi connectivity index (χ0) is 15.0. The van der Waals surface area contributed by atoms with E-state index in [2.05, 4.69) is 4.74 Å². The van der Waals surface area contributed by atoms with E-state index in [0.29, 0.717) is 0 Å². The molecule has 0 spiro atoms. The number of halogens is 10. The van der Waals surface area contributed by atoms with Crippen LogP contribution in [0, 0.1) is 0 Å². The molecule has 0 unspecified atom stereocenters. The first-order valence-corrected chi connectivity index (χ1v) is 3.56. The van der Waals surface area contributed by atoms with Gasteiger partial charge in [-0.2, -0.15) is 30.7 Å². The third kappa shape index (κ3) is 3.65. The lowest BCUT2D eigenvalue weighted by atomic mass is 10.3. The molecule has 0 saturated carbocycles. The van der Waals surface area contributed by atoms with Gasteiger partial charge in [0.15, 0.2) is 0 Å². The van der Waals surface area contributed by atoms with Crippen molar-refractivity contribution in [1.29, 1.82) is 0 Å². The molecule has 0 aromatic rings. The molecule has 0 bridgehead atoms. The van der Waals surface area contributed by atoms with Gasteiger partial charge in [0.25, 0.3) is 6.01 Å². The smallest absolute Gasteiger partial charge is 0.402 e. The zero-order valence-corrected chi connectivity index (χ0v) is 7.80. The van der Waals surface area contributed by atoms with Crippen LogP contribution in [0.5, 0.6) is 0 Å². The van der Waals surface area contributed by atoms with Gasteiger partial charge in [-0.1, -0.05) is 0 Å². The number of hydrogen-bond acceptors (Lipinski definition) is 2. The summed E-state index contributed by atoms with van der Waals surface area (Å²) in [6.45, 7) is 1.90. The van der Waals surface area contributed by atoms with E-state index < -0.39 is 30.5 Å². The van der Waals surface area contributed by atoms with Crippen LogP contribution >= 0.6 is 0 Å². The fourth-order valence-electron chi connectivity index (χ4n) is 0.582. The van der Waals surface area contributed by atoms with Gasteiger partial charge in [-0.25, -0.2) is 4.74 Å². The molecule has 0 radical (unpaired) electrons. The van der Waals surface area contributed by atoms with Crippen LogP contribution < -0.4 is 0 Å². The normalized spacial score (nSPS) is 14.6. The fourth-order valence-corrected chi connectivity index (χ4v) is 0.582. The Bertz CT molecular complexity index is 319. The van der Waals surface area contributed by atoms with Crippen molar-refractivity contribution in [2.75, 3.05) is 0 Å². The van der Waals surface area contributed by atoms with Gasteiger partial charge in [0.05, 0.1) is 0 Å². The largest absolute Gasteiger partial charge is 0.527 e. The predicted octanol–water partition coefficient (Wildman–Crippen LogP) is 3.80. The third-order valence-corrected chi connectivity index (χ3v) is 1.21. The molecule has 0 aliphatic rings. The van der Waals surface area contributed by atoms with Gasteiger partial charge in [0, 0.05) is 0 Å². The van der Waals surface area contributed by atoms with Gasteiger partial charge in [-0.05, 0) is 6.58 Å². The van der Waals surface area contributed by atoms with E-state index in [1.807, 2.05) is 6.58 Å². The summed E-state index contributed by atoms with van der Waals surface area (Å²) in [5.74, 6) is -6.80. The molecule has 0 aliphatic carbocycles. The fraction of sp³-hybridized carbons (Fsp3) is 0.667. The molecule has 18 heavy (non-hydrogen) atoms. The second-order valence-electron chi connectivity index (χ2n) is 2.61. The summed E-state index contributed by atoms with van der Waals surface area (Å²) >= 11 is 0. The molecule has 12 heteroatoms. The van der Waals surface area contributed by atoms with Gasteiger partial charge in [0.1, 0.15) is 0 Å². The predicted molar refractivity (Wildman–Crippen MR) is 33.3 cm³/mol. The Balaban J connectivity index is 5.28. The zero-order valence-electron chi connectivity index (χ0n) is 7.80. The standard InChI is InChI=1S/C6H2F10O2/c1-2(7)17-4(10,11)3(8,9)5(12,13)18-6(14,15)16/h1H2. The Morgan fingerprint density at radius 2 is 1.17 bits per heavy atom. The van der Waals surface area contributed by atoms with Crippen molar-refractivity contribution in [3.05, 3.63) is 12.6 Å². The Labute approximate surface area is 91.8 Å². The average Bonchev–Trinajstić information content (AvgIpc) is 1.95. The van der Waals surface area contributed by atoms with Crippen molar-refractivity contribution in [3.8, 4) is 0 Å². The SMILES string of the molecule is C=C(F)OC(F)(F)C(F)(F)C(F)(F)OC(F)(F)F. The van der Waals surface area contributed by atoms with Gasteiger partial charge >= 0.3 is 24.5 Å². The molecular formula is C6H2F10O2. The second kappa shape index (κ2) is 4.48. The molecule has 0 aromatic heterocycles. The van der Waals surface area contributed by atoms with Crippen LogP contribution in [0.25, 0.3) is 0 Å². The Kier molecular flexibility index (Phi) is 4.18. The van der Waals surface area contributed by atoms with Gasteiger partial charge in [0.2, 0.25) is 0 Å². The van der Waals surface area contributed by atoms with Crippen LogP contribution in [0.3, 0.4) is 0 Å². The Morgan fingerprint density at radius 1 is 0.778 bits per heavy atom. The van der Waals surface area contributed by atoms with Gasteiger partial charge < -0.3 is 4.74 Å². The number of alkyl halides is 9. The highest BCUT2D eigenvalue weighted by Crippen LogP contribution is 2.49. The lowest BCUT2D eigenvalue weighted by Crippen LogP contribution is -2.57. The first-order valence-electron chi connectivity index (χ1n) is 3.56. The molecule has 0 amide bonds. The van der Waals surface area contributed by atoms with E-state index in [-0.39, 0.29) is 0 Å². The maximum atomic E-state index is 12.4. The summed E-state index contributed by atoms with van der Waals surface area (Å²) in [5.41, 5.74) is 0. The second-order valence-corrected chi connectivity index (χ2v) is 2.61. The van der Waals surface area contributed by atoms with Gasteiger partial charge in [-0.3, -0.25) is 0 Å². The Morgan fingerprint density at radius 3 is 1.44 bits per heavy atom. The third-order valence-electron chi connectivity index (χ3n) is 1.21. The summed E-state index contributed by atoms with van der Waals surface area (Å²) in [7, 11) is 0. The average molecular weight is 296 g/mol. The lowest BCUT2D eigenvalue weighted by molar-refractivity contribution is -0.505. The lowest BCUT2D eigenvalue weighted by Gasteiger charge is -2.31. The van der Waals surface area contributed by atoms with E-state index in [1.54, 1.807) is 4.74 Å². The molecule has 0 rings (SSSR count). The molecule has 0 aliphatic heterocycles. The maximum Gasteiger partial charge on any atom is 0.527 e. The molecule has 0 heterocycles.